The second kappa shape index (κ2) is 12.5. The van der Waals surface area contributed by atoms with Crippen molar-refractivity contribution >= 4 is 24.1 Å². The van der Waals surface area contributed by atoms with Crippen molar-refractivity contribution in [2.45, 2.75) is 27.1 Å². The number of carbonyl (C=O) groups is 4. The van der Waals surface area contributed by atoms with Gasteiger partial charge >= 0.3 is 24.1 Å². The monoisotopic (exact) mass is 346 g/mol. The van der Waals surface area contributed by atoms with Crippen molar-refractivity contribution in [1.29, 1.82) is 0 Å². The van der Waals surface area contributed by atoms with Crippen molar-refractivity contribution in [3.05, 3.63) is 24.3 Å². The van der Waals surface area contributed by atoms with E-state index in [-0.39, 0.29) is 11.5 Å². The Labute approximate surface area is 139 Å². The van der Waals surface area contributed by atoms with E-state index < -0.39 is 31.1 Å². The molecule has 0 aromatic rings. The molecule has 0 fully saturated rings. The molecule has 1 unspecified atom stereocenters. The minimum absolute atomic E-state index is 0.0807. The van der Waals surface area contributed by atoms with Crippen LogP contribution in [-0.2, 0) is 28.5 Å². The summed E-state index contributed by atoms with van der Waals surface area (Å²) in [6.45, 7) is 11.4. The molecule has 0 saturated carbocycles. The van der Waals surface area contributed by atoms with Gasteiger partial charge in [-0.05, 0) is 20.8 Å². The zero-order chi connectivity index (χ0) is 19.3. The topological polar surface area (TPSA) is 157 Å². The second-order valence-corrected chi connectivity index (χ2v) is 4.18. The van der Waals surface area contributed by atoms with Gasteiger partial charge in [-0.2, -0.15) is 0 Å². The Kier molecular flexibility index (Phi) is 12.1. The third-order valence-corrected chi connectivity index (χ3v) is 1.82. The van der Waals surface area contributed by atoms with Gasteiger partial charge in [-0.15, -0.1) is 0 Å². The summed E-state index contributed by atoms with van der Waals surface area (Å²) in [5, 5.41) is 0. The summed E-state index contributed by atoms with van der Waals surface area (Å²) in [5.74, 6) is -1.13. The summed E-state index contributed by atoms with van der Waals surface area (Å²) in [7, 11) is 0. The lowest BCUT2D eigenvalue weighted by molar-refractivity contribution is -0.168. The van der Waals surface area contributed by atoms with E-state index in [0.29, 0.717) is 12.2 Å². The number of rotatable bonds is 7. The third-order valence-electron chi connectivity index (χ3n) is 1.82. The van der Waals surface area contributed by atoms with Crippen LogP contribution in [0.5, 0.6) is 0 Å². The number of amides is 2. The van der Waals surface area contributed by atoms with E-state index in [1.54, 1.807) is 13.8 Å². The lowest BCUT2D eigenvalue weighted by Gasteiger charge is -2.16. The summed E-state index contributed by atoms with van der Waals surface area (Å²) in [6.07, 6.45) is -3.74. The first-order valence-corrected chi connectivity index (χ1v) is 6.58. The van der Waals surface area contributed by atoms with Gasteiger partial charge in [0.1, 0.15) is 0 Å². The fourth-order valence-electron chi connectivity index (χ4n) is 0.846. The quantitative estimate of drug-likeness (QED) is 0.296. The fraction of sp³-hybridized carbons (Fsp3) is 0.429. The summed E-state index contributed by atoms with van der Waals surface area (Å²) in [5.41, 5.74) is 9.91. The van der Waals surface area contributed by atoms with Gasteiger partial charge in [-0.25, -0.2) is 19.2 Å². The summed E-state index contributed by atoms with van der Waals surface area (Å²) < 4.78 is 17.8. The number of esters is 2. The molecule has 0 saturated heterocycles. The molecule has 0 aliphatic carbocycles. The molecule has 0 aromatic heterocycles. The maximum atomic E-state index is 11.1. The molecular formula is C14H22N2O8. The van der Waals surface area contributed by atoms with E-state index in [0.717, 1.165) is 0 Å². The van der Waals surface area contributed by atoms with Crippen molar-refractivity contribution in [2.75, 3.05) is 13.2 Å². The number of hydrogen-bond acceptors (Lipinski definition) is 8. The predicted molar refractivity (Wildman–Crippen MR) is 82.3 cm³/mol. The Hall–Kier alpha value is -3.04. The largest absolute Gasteiger partial charge is 0.463 e. The van der Waals surface area contributed by atoms with Gasteiger partial charge < -0.3 is 30.4 Å². The van der Waals surface area contributed by atoms with Gasteiger partial charge in [0.2, 0.25) is 0 Å². The number of ether oxygens (including phenoxy) is 4. The highest BCUT2D eigenvalue weighted by Gasteiger charge is 2.19. The molecule has 10 nitrogen and oxygen atoms in total. The highest BCUT2D eigenvalue weighted by atomic mass is 16.7. The summed E-state index contributed by atoms with van der Waals surface area (Å²) >= 11 is 0. The minimum atomic E-state index is -1.45. The van der Waals surface area contributed by atoms with E-state index >= 15 is 0 Å². The SMILES string of the molecule is C=C(C)C(=O)OC(COC(N)=O)OC(N)=O.C=C(C)C(=O)OCC. The van der Waals surface area contributed by atoms with Crippen molar-refractivity contribution in [2.24, 2.45) is 11.5 Å². The molecule has 0 radical (unpaired) electrons. The minimum Gasteiger partial charge on any atom is -0.463 e. The first kappa shape index (κ1) is 23.2. The molecule has 0 aromatic carbocycles. The van der Waals surface area contributed by atoms with Crippen LogP contribution in [0.2, 0.25) is 0 Å². The number of carbonyl (C=O) groups excluding carboxylic acids is 4. The Bertz CT molecular complexity index is 501. The van der Waals surface area contributed by atoms with E-state index in [1.165, 1.54) is 6.92 Å². The van der Waals surface area contributed by atoms with Crippen LogP contribution < -0.4 is 11.5 Å². The highest BCUT2D eigenvalue weighted by Crippen LogP contribution is 2.01. The fourth-order valence-corrected chi connectivity index (χ4v) is 0.846. The Morgan fingerprint density at radius 2 is 1.38 bits per heavy atom. The molecule has 0 heterocycles. The molecule has 10 heteroatoms. The Morgan fingerprint density at radius 1 is 0.875 bits per heavy atom. The lowest BCUT2D eigenvalue weighted by atomic mass is 10.4. The second-order valence-electron chi connectivity index (χ2n) is 4.18. The molecule has 0 bridgehead atoms. The van der Waals surface area contributed by atoms with Gasteiger partial charge in [0.25, 0.3) is 6.29 Å². The van der Waals surface area contributed by atoms with E-state index in [4.69, 9.17) is 5.73 Å². The standard InChI is InChI=1S/C8H12N2O6.C6H10O2/c1-4(2)6(11)15-5(16-8(10)13)3-14-7(9)12;1-4-8-6(7)5(2)3/h5H,1,3H2,2H3,(H2,9,12)(H2,10,13);2,4H2,1,3H3. The molecule has 2 amide bonds. The zero-order valence-electron chi connectivity index (χ0n) is 13.8. The van der Waals surface area contributed by atoms with Crippen LogP contribution in [0.3, 0.4) is 0 Å². The number of primary amides is 2. The van der Waals surface area contributed by atoms with Crippen LogP contribution >= 0.6 is 0 Å². The van der Waals surface area contributed by atoms with E-state index in [1.807, 2.05) is 0 Å². The van der Waals surface area contributed by atoms with Crippen molar-refractivity contribution < 1.29 is 38.1 Å². The molecule has 0 spiro atoms. The van der Waals surface area contributed by atoms with Gasteiger partial charge in [-0.3, -0.25) is 0 Å². The summed E-state index contributed by atoms with van der Waals surface area (Å²) in [4.78, 5) is 42.2. The molecule has 0 aliphatic rings. The van der Waals surface area contributed by atoms with Crippen molar-refractivity contribution in [3.8, 4) is 0 Å². The van der Waals surface area contributed by atoms with Crippen LogP contribution in [0.4, 0.5) is 9.59 Å². The lowest BCUT2D eigenvalue weighted by Crippen LogP contribution is -2.33. The number of hydrogen-bond donors (Lipinski definition) is 2. The predicted octanol–water partition coefficient (Wildman–Crippen LogP) is 0.748. The Morgan fingerprint density at radius 3 is 1.67 bits per heavy atom. The maximum Gasteiger partial charge on any atom is 0.407 e. The van der Waals surface area contributed by atoms with Crippen LogP contribution in [0.15, 0.2) is 24.3 Å². The maximum absolute atomic E-state index is 11.1. The first-order valence-electron chi connectivity index (χ1n) is 6.58. The smallest absolute Gasteiger partial charge is 0.407 e. The molecule has 1 atom stereocenters. The van der Waals surface area contributed by atoms with Crippen molar-refractivity contribution in [3.63, 3.8) is 0 Å². The molecular weight excluding hydrogens is 324 g/mol. The van der Waals surface area contributed by atoms with Gasteiger partial charge in [0.15, 0.2) is 6.61 Å². The van der Waals surface area contributed by atoms with Crippen molar-refractivity contribution in [1.82, 2.24) is 0 Å². The van der Waals surface area contributed by atoms with E-state index in [9.17, 15) is 19.2 Å². The molecule has 0 rings (SSSR count). The average molecular weight is 346 g/mol. The van der Waals surface area contributed by atoms with Gasteiger partial charge in [-0.1, -0.05) is 13.2 Å². The normalized spacial score (nSPS) is 10.1. The summed E-state index contributed by atoms with van der Waals surface area (Å²) in [6, 6.07) is 0. The van der Waals surface area contributed by atoms with Crippen LogP contribution in [-0.4, -0.2) is 43.6 Å². The zero-order valence-corrected chi connectivity index (χ0v) is 13.8. The van der Waals surface area contributed by atoms with Gasteiger partial charge in [0, 0.05) is 11.1 Å². The Balaban J connectivity index is 0. The molecule has 4 N–H and O–H groups in total. The van der Waals surface area contributed by atoms with E-state index in [2.05, 4.69) is 37.8 Å². The molecule has 0 aliphatic heterocycles. The van der Waals surface area contributed by atoms with Crippen LogP contribution in [0.25, 0.3) is 0 Å². The third kappa shape index (κ3) is 13.9. The van der Waals surface area contributed by atoms with Gasteiger partial charge in [0.05, 0.1) is 6.61 Å². The number of nitrogens with two attached hydrogens (primary N) is 2. The van der Waals surface area contributed by atoms with Crippen LogP contribution in [0, 0.1) is 0 Å². The molecule has 24 heavy (non-hydrogen) atoms. The highest BCUT2D eigenvalue weighted by molar-refractivity contribution is 5.87. The first-order chi connectivity index (χ1) is 11.0. The average Bonchev–Trinajstić information content (AvgIpc) is 2.44. The molecule has 136 valence electrons. The van der Waals surface area contributed by atoms with Crippen LogP contribution in [0.1, 0.15) is 20.8 Å².